The smallest absolute Gasteiger partial charge is 0.291 e. The Morgan fingerprint density at radius 2 is 1.54 bits per heavy atom. The van der Waals surface area contributed by atoms with Crippen LogP contribution in [0, 0.1) is 23.7 Å². The molecule has 2 aliphatic carbocycles. The van der Waals surface area contributed by atoms with Gasteiger partial charge in [-0.05, 0) is 46.1 Å². The highest BCUT2D eigenvalue weighted by Crippen LogP contribution is 2.52. The van der Waals surface area contributed by atoms with Crippen LogP contribution in [-0.2, 0) is 35.8 Å². The lowest BCUT2D eigenvalue weighted by Gasteiger charge is -2.15. The first-order valence-corrected chi connectivity index (χ1v) is 16.6. The average Bonchev–Trinajstić information content (AvgIpc) is 3.93. The van der Waals surface area contributed by atoms with Crippen molar-refractivity contribution in [2.45, 2.75) is 32.7 Å². The number of carbonyl (C=O) groups is 3. The summed E-state index contributed by atoms with van der Waals surface area (Å²) in [5, 5.41) is 11.3. The molecule has 3 aromatic carbocycles. The summed E-state index contributed by atoms with van der Waals surface area (Å²) in [6, 6.07) is 26.6. The van der Waals surface area contributed by atoms with E-state index in [0.29, 0.717) is 12.2 Å². The minimum Gasteiger partial charge on any atom is -0.481 e. The average molecular weight is 668 g/mol. The number of hydrogen-bond donors (Lipinski definition) is 1. The first-order valence-electron chi connectivity index (χ1n) is 16.6. The molecule has 3 heterocycles. The topological polar surface area (TPSA) is 137 Å². The lowest BCUT2D eigenvalue weighted by atomic mass is 9.85. The molecule has 1 saturated carbocycles. The maximum Gasteiger partial charge on any atom is 0.291 e. The van der Waals surface area contributed by atoms with Crippen molar-refractivity contribution in [3.8, 4) is 16.9 Å². The molecule has 8 rings (SSSR count). The maximum atomic E-state index is 13.1. The minimum absolute atomic E-state index is 0.0187. The highest BCUT2D eigenvalue weighted by molar-refractivity contribution is 6.06. The number of allylic oxidation sites excluding steroid dienone is 2. The molecule has 1 N–H and O–H groups in total. The van der Waals surface area contributed by atoms with Crippen LogP contribution in [0.25, 0.3) is 11.1 Å². The second kappa shape index (κ2) is 13.1. The maximum absolute atomic E-state index is 13.1. The number of nitrogens with one attached hydrogen (secondary N) is 1. The monoisotopic (exact) mass is 667 g/mol. The van der Waals surface area contributed by atoms with Crippen LogP contribution in [0.4, 0.5) is 0 Å². The van der Waals surface area contributed by atoms with Gasteiger partial charge < -0.3 is 14.5 Å². The fraction of sp³-hybridized carbons (Fsp3) is 0.231. The number of hydrogen-bond acceptors (Lipinski definition) is 8. The number of imide groups is 1. The number of aromatic nitrogens is 3. The number of carbonyl (C=O) groups excluding carboxylic acids is 3. The van der Waals surface area contributed by atoms with Crippen molar-refractivity contribution in [3.05, 3.63) is 148 Å². The van der Waals surface area contributed by atoms with Crippen LogP contribution < -0.4 is 15.5 Å². The van der Waals surface area contributed by atoms with Gasteiger partial charge in [-0.3, -0.25) is 24.1 Å². The predicted octanol–water partition coefficient (Wildman–Crippen LogP) is 4.76. The Morgan fingerprint density at radius 3 is 2.30 bits per heavy atom. The Balaban J connectivity index is 0.878. The standard InChI is InChI=1S/C39H33N5O6/c45-32-15-16-49-36(37(46)40-19-24-9-11-28(12-10-24)27-7-2-1-3-8-27)35(32)50-23-26-6-4-5-25(17-26)20-43-21-31(41-42-43)22-44-38(47)33-29-13-14-30(18-29)34(33)39(44)48/h1-17,21,29-30,33-34H,18-20,22-23H2,(H,40,46). The highest BCUT2D eigenvalue weighted by Gasteiger charge is 2.59. The SMILES string of the molecule is O=C(NCc1ccc(-c2ccccc2)cc1)c1occc(=O)c1OCc1cccc(Cn2cc(CN3C(=O)C4C5C=CC(C5)C4C3=O)nn2)c1. The number of fused-ring (bicyclic) bond motifs is 5. The third-order valence-electron chi connectivity index (χ3n) is 9.74. The highest BCUT2D eigenvalue weighted by atomic mass is 16.5. The number of nitrogens with zero attached hydrogens (tertiary/aromatic N) is 4. The molecule has 2 bridgehead atoms. The fourth-order valence-electron chi connectivity index (χ4n) is 7.34. The van der Waals surface area contributed by atoms with E-state index in [1.54, 1.807) is 10.9 Å². The van der Waals surface area contributed by atoms with Crippen molar-refractivity contribution in [3.63, 3.8) is 0 Å². The van der Waals surface area contributed by atoms with Crippen LogP contribution in [0.5, 0.6) is 5.75 Å². The molecule has 2 aromatic heterocycles. The van der Waals surface area contributed by atoms with Gasteiger partial charge in [0.15, 0.2) is 0 Å². The molecule has 2 fully saturated rings. The van der Waals surface area contributed by atoms with E-state index in [9.17, 15) is 19.2 Å². The molecule has 50 heavy (non-hydrogen) atoms. The Labute approximate surface area is 287 Å². The summed E-state index contributed by atoms with van der Waals surface area (Å²) in [5.41, 5.74) is 4.79. The van der Waals surface area contributed by atoms with E-state index >= 15 is 0 Å². The summed E-state index contributed by atoms with van der Waals surface area (Å²) < 4.78 is 13.0. The van der Waals surface area contributed by atoms with E-state index in [2.05, 4.69) is 27.8 Å². The molecule has 3 aliphatic rings. The Kier molecular flexibility index (Phi) is 8.15. The number of amides is 3. The summed E-state index contributed by atoms with van der Waals surface area (Å²) in [6.07, 6.45) is 7.96. The molecular formula is C39H33N5O6. The van der Waals surface area contributed by atoms with Crippen LogP contribution in [0.15, 0.2) is 119 Å². The third kappa shape index (κ3) is 6.02. The molecule has 5 aromatic rings. The van der Waals surface area contributed by atoms with Gasteiger partial charge in [-0.25, -0.2) is 4.68 Å². The number of benzene rings is 3. The second-order valence-corrected chi connectivity index (χ2v) is 13.0. The summed E-state index contributed by atoms with van der Waals surface area (Å²) in [5.74, 6) is -1.32. The lowest BCUT2D eigenvalue weighted by molar-refractivity contribution is -0.141. The van der Waals surface area contributed by atoms with E-state index in [1.807, 2.05) is 78.9 Å². The lowest BCUT2D eigenvalue weighted by Crippen LogP contribution is -2.32. The van der Waals surface area contributed by atoms with Crippen LogP contribution in [-0.4, -0.2) is 37.6 Å². The van der Waals surface area contributed by atoms with Gasteiger partial charge >= 0.3 is 0 Å². The first kappa shape index (κ1) is 31.2. The molecule has 0 spiro atoms. The Morgan fingerprint density at radius 1 is 0.820 bits per heavy atom. The van der Waals surface area contributed by atoms with Gasteiger partial charge in [0, 0.05) is 12.6 Å². The quantitative estimate of drug-likeness (QED) is 0.157. The molecule has 11 heteroatoms. The van der Waals surface area contributed by atoms with Gasteiger partial charge in [0.1, 0.15) is 12.3 Å². The van der Waals surface area contributed by atoms with Crippen LogP contribution in [0.3, 0.4) is 0 Å². The van der Waals surface area contributed by atoms with E-state index in [4.69, 9.17) is 9.15 Å². The zero-order valence-corrected chi connectivity index (χ0v) is 27.0. The number of likely N-dealkylation sites (tertiary alicyclic amines) is 1. The molecular weight excluding hydrogens is 634 g/mol. The van der Waals surface area contributed by atoms with E-state index in [1.165, 1.54) is 17.2 Å². The van der Waals surface area contributed by atoms with Gasteiger partial charge in [0.2, 0.25) is 28.8 Å². The van der Waals surface area contributed by atoms with Gasteiger partial charge in [-0.2, -0.15) is 0 Å². The molecule has 0 radical (unpaired) electrons. The van der Waals surface area contributed by atoms with Crippen molar-refractivity contribution in [1.82, 2.24) is 25.2 Å². The van der Waals surface area contributed by atoms with Crippen LogP contribution in [0.1, 0.15) is 39.4 Å². The van der Waals surface area contributed by atoms with Gasteiger partial charge in [0.05, 0.1) is 37.4 Å². The van der Waals surface area contributed by atoms with Crippen molar-refractivity contribution < 1.29 is 23.5 Å². The number of ether oxygens (including phenoxy) is 1. The molecule has 4 unspecified atom stereocenters. The van der Waals surface area contributed by atoms with Crippen molar-refractivity contribution in [1.29, 1.82) is 0 Å². The number of rotatable bonds is 11. The van der Waals surface area contributed by atoms with Crippen LogP contribution in [0.2, 0.25) is 0 Å². The van der Waals surface area contributed by atoms with E-state index in [-0.39, 0.29) is 66.7 Å². The van der Waals surface area contributed by atoms with E-state index in [0.717, 1.165) is 34.2 Å². The molecule has 3 amide bonds. The third-order valence-corrected chi connectivity index (χ3v) is 9.74. The zero-order valence-electron chi connectivity index (χ0n) is 27.0. The molecule has 4 atom stereocenters. The molecule has 11 nitrogen and oxygen atoms in total. The second-order valence-electron chi connectivity index (χ2n) is 13.0. The predicted molar refractivity (Wildman–Crippen MR) is 181 cm³/mol. The zero-order chi connectivity index (χ0) is 34.2. The molecule has 1 aliphatic heterocycles. The minimum atomic E-state index is -0.565. The summed E-state index contributed by atoms with van der Waals surface area (Å²) in [6.45, 7) is 0.747. The fourth-order valence-corrected chi connectivity index (χ4v) is 7.34. The van der Waals surface area contributed by atoms with Crippen LogP contribution >= 0.6 is 0 Å². The summed E-state index contributed by atoms with van der Waals surface area (Å²) in [7, 11) is 0. The van der Waals surface area contributed by atoms with Gasteiger partial charge in [-0.1, -0.05) is 96.2 Å². The first-order chi connectivity index (χ1) is 24.4. The molecule has 250 valence electrons. The molecule has 1 saturated heterocycles. The normalized spacial score (nSPS) is 20.4. The van der Waals surface area contributed by atoms with Crippen molar-refractivity contribution in [2.75, 3.05) is 0 Å². The van der Waals surface area contributed by atoms with E-state index < -0.39 is 11.3 Å². The Bertz CT molecular complexity index is 2140. The van der Waals surface area contributed by atoms with Gasteiger partial charge in [0.25, 0.3) is 5.91 Å². The Hall–Kier alpha value is -6.10. The largest absolute Gasteiger partial charge is 0.481 e. The van der Waals surface area contributed by atoms with Gasteiger partial charge in [-0.15, -0.1) is 5.10 Å². The summed E-state index contributed by atoms with van der Waals surface area (Å²) in [4.78, 5) is 53.3. The van der Waals surface area contributed by atoms with Crippen molar-refractivity contribution >= 4 is 17.7 Å². The summed E-state index contributed by atoms with van der Waals surface area (Å²) >= 11 is 0. The van der Waals surface area contributed by atoms with Crippen molar-refractivity contribution in [2.24, 2.45) is 23.7 Å².